The molecule has 2 aromatic carbocycles. The lowest BCUT2D eigenvalue weighted by atomic mass is 10.0. The van der Waals surface area contributed by atoms with Crippen molar-refractivity contribution in [1.82, 2.24) is 0 Å². The van der Waals surface area contributed by atoms with Crippen molar-refractivity contribution in [2.45, 2.75) is 155 Å². The zero-order valence-electron chi connectivity index (χ0n) is 25.1. The molecule has 0 unspecified atom stereocenters. The second-order valence-electron chi connectivity index (χ2n) is 11.1. The molecular weight excluding hydrogens is 464 g/mol. The maximum atomic E-state index is 9.70. The number of benzene rings is 2. The van der Waals surface area contributed by atoms with Crippen LogP contribution in [0.2, 0.25) is 0 Å². The maximum absolute atomic E-state index is 9.70. The van der Waals surface area contributed by atoms with Crippen LogP contribution in [0.4, 0.5) is 0 Å². The highest BCUT2D eigenvalue weighted by molar-refractivity contribution is 5.32. The second-order valence-corrected chi connectivity index (χ2v) is 11.1. The lowest BCUT2D eigenvalue weighted by Gasteiger charge is -2.05. The summed E-state index contributed by atoms with van der Waals surface area (Å²) < 4.78 is 0. The molecule has 38 heavy (non-hydrogen) atoms. The Morgan fingerprint density at radius 1 is 0.368 bits per heavy atom. The lowest BCUT2D eigenvalue weighted by Crippen LogP contribution is -1.87. The topological polar surface area (TPSA) is 40.5 Å². The molecule has 0 aliphatic heterocycles. The predicted octanol–water partition coefficient (Wildman–Crippen LogP) is 11.7. The van der Waals surface area contributed by atoms with Crippen LogP contribution in [0.25, 0.3) is 0 Å². The zero-order chi connectivity index (χ0) is 27.5. The SMILES string of the molecule is CCCCCCCCCCCCCCCc1ccccc1O.CCCCCCCCCc1ccccc1O. The fourth-order valence-corrected chi connectivity index (χ4v) is 5.05. The fourth-order valence-electron chi connectivity index (χ4n) is 5.05. The standard InChI is InChI=1S/C21H36O.C15H24O/c1-2-3-4-5-6-7-8-9-10-11-12-13-14-17-20-18-15-16-19-21(20)22;1-2-3-4-5-6-7-8-11-14-12-9-10-13-15(14)16/h15-16,18-19,22H,2-14,17H2,1H3;9-10,12-13,16H,2-8,11H2,1H3. The molecule has 216 valence electrons. The van der Waals surface area contributed by atoms with Gasteiger partial charge in [-0.05, 0) is 48.9 Å². The van der Waals surface area contributed by atoms with Crippen molar-refractivity contribution in [3.63, 3.8) is 0 Å². The van der Waals surface area contributed by atoms with Crippen LogP contribution in [-0.4, -0.2) is 10.2 Å². The average molecular weight is 525 g/mol. The minimum Gasteiger partial charge on any atom is -0.508 e. The summed E-state index contributed by atoms with van der Waals surface area (Å²) in [6, 6.07) is 15.4. The van der Waals surface area contributed by atoms with Gasteiger partial charge in [0.2, 0.25) is 0 Å². The fraction of sp³-hybridized carbons (Fsp3) is 0.667. The molecule has 2 aromatic rings. The zero-order valence-corrected chi connectivity index (χ0v) is 25.1. The lowest BCUT2D eigenvalue weighted by molar-refractivity contribution is 0.465. The van der Waals surface area contributed by atoms with Crippen molar-refractivity contribution >= 4 is 0 Å². The first-order valence-corrected chi connectivity index (χ1v) is 16.2. The van der Waals surface area contributed by atoms with Crippen molar-refractivity contribution in [2.75, 3.05) is 0 Å². The molecule has 0 aliphatic carbocycles. The Hall–Kier alpha value is -1.96. The number of aryl methyl sites for hydroxylation is 2. The second kappa shape index (κ2) is 25.3. The Kier molecular flexibility index (Phi) is 22.7. The van der Waals surface area contributed by atoms with Crippen LogP contribution in [0.15, 0.2) is 48.5 Å². The quantitative estimate of drug-likeness (QED) is 0.150. The highest BCUT2D eigenvalue weighted by Crippen LogP contribution is 2.20. The highest BCUT2D eigenvalue weighted by atomic mass is 16.3. The molecule has 2 rings (SSSR count). The molecule has 0 saturated heterocycles. The first kappa shape index (κ1) is 34.1. The summed E-state index contributed by atoms with van der Waals surface area (Å²) in [4.78, 5) is 0. The van der Waals surface area contributed by atoms with E-state index in [0.29, 0.717) is 11.5 Å². The van der Waals surface area contributed by atoms with E-state index in [9.17, 15) is 10.2 Å². The molecule has 2 heteroatoms. The summed E-state index contributed by atoms with van der Waals surface area (Å²) >= 11 is 0. The third-order valence-corrected chi connectivity index (χ3v) is 7.58. The number of rotatable bonds is 22. The van der Waals surface area contributed by atoms with E-state index in [4.69, 9.17) is 0 Å². The van der Waals surface area contributed by atoms with Crippen LogP contribution in [0, 0.1) is 0 Å². The van der Waals surface area contributed by atoms with E-state index in [-0.39, 0.29) is 0 Å². The van der Waals surface area contributed by atoms with Gasteiger partial charge >= 0.3 is 0 Å². The molecule has 0 heterocycles. The van der Waals surface area contributed by atoms with Crippen molar-refractivity contribution in [3.8, 4) is 11.5 Å². The van der Waals surface area contributed by atoms with Crippen molar-refractivity contribution in [1.29, 1.82) is 0 Å². The van der Waals surface area contributed by atoms with Gasteiger partial charge in [0.1, 0.15) is 11.5 Å². The molecule has 0 aliphatic rings. The van der Waals surface area contributed by atoms with Crippen molar-refractivity contribution in [3.05, 3.63) is 59.7 Å². The molecule has 0 amide bonds. The minimum absolute atomic E-state index is 0.452. The molecule has 0 radical (unpaired) electrons. The average Bonchev–Trinajstić information content (AvgIpc) is 2.93. The Bertz CT molecular complexity index is 769. The summed E-state index contributed by atoms with van der Waals surface area (Å²) in [5.74, 6) is 0.912. The summed E-state index contributed by atoms with van der Waals surface area (Å²) in [5.41, 5.74) is 2.20. The highest BCUT2D eigenvalue weighted by Gasteiger charge is 2.00. The number of aromatic hydroxyl groups is 2. The molecule has 2 nitrogen and oxygen atoms in total. The van der Waals surface area contributed by atoms with E-state index < -0.39 is 0 Å². The van der Waals surface area contributed by atoms with E-state index in [0.717, 1.165) is 24.0 Å². The minimum atomic E-state index is 0.452. The van der Waals surface area contributed by atoms with E-state index in [1.807, 2.05) is 36.4 Å². The van der Waals surface area contributed by atoms with Crippen LogP contribution in [0.5, 0.6) is 11.5 Å². The van der Waals surface area contributed by atoms with Gasteiger partial charge < -0.3 is 10.2 Å². The van der Waals surface area contributed by atoms with Gasteiger partial charge in [0.15, 0.2) is 0 Å². The van der Waals surface area contributed by atoms with Crippen LogP contribution in [0.1, 0.15) is 153 Å². The third-order valence-electron chi connectivity index (χ3n) is 7.58. The third kappa shape index (κ3) is 19.2. The van der Waals surface area contributed by atoms with Gasteiger partial charge in [-0.1, -0.05) is 166 Å². The van der Waals surface area contributed by atoms with Gasteiger partial charge in [-0.3, -0.25) is 0 Å². The summed E-state index contributed by atoms with van der Waals surface area (Å²) in [5, 5.41) is 19.3. The van der Waals surface area contributed by atoms with Gasteiger partial charge in [0.05, 0.1) is 0 Å². The Morgan fingerprint density at radius 3 is 0.921 bits per heavy atom. The Labute approximate surface area is 236 Å². The summed E-state index contributed by atoms with van der Waals surface area (Å²) in [6.07, 6.45) is 29.3. The Morgan fingerprint density at radius 2 is 0.632 bits per heavy atom. The number of phenolic OH excluding ortho intramolecular Hbond substituents is 2. The number of hydrogen-bond donors (Lipinski definition) is 2. The van der Waals surface area contributed by atoms with Gasteiger partial charge in [0.25, 0.3) is 0 Å². The monoisotopic (exact) mass is 524 g/mol. The van der Waals surface area contributed by atoms with Crippen LogP contribution < -0.4 is 0 Å². The first-order chi connectivity index (χ1) is 18.7. The van der Waals surface area contributed by atoms with Gasteiger partial charge in [-0.25, -0.2) is 0 Å². The van der Waals surface area contributed by atoms with Crippen LogP contribution in [0.3, 0.4) is 0 Å². The van der Waals surface area contributed by atoms with E-state index >= 15 is 0 Å². The van der Waals surface area contributed by atoms with E-state index in [1.54, 1.807) is 12.1 Å². The summed E-state index contributed by atoms with van der Waals surface area (Å²) in [6.45, 7) is 4.53. The van der Waals surface area contributed by atoms with Crippen LogP contribution >= 0.6 is 0 Å². The molecular formula is C36H60O2. The number of unbranched alkanes of at least 4 members (excludes halogenated alkanes) is 18. The molecule has 2 N–H and O–H groups in total. The molecule has 0 saturated carbocycles. The van der Waals surface area contributed by atoms with Crippen molar-refractivity contribution < 1.29 is 10.2 Å². The van der Waals surface area contributed by atoms with Gasteiger partial charge in [0, 0.05) is 0 Å². The summed E-state index contributed by atoms with van der Waals surface area (Å²) in [7, 11) is 0. The number of hydrogen-bond acceptors (Lipinski definition) is 2. The molecule has 0 spiro atoms. The predicted molar refractivity (Wildman–Crippen MR) is 167 cm³/mol. The normalized spacial score (nSPS) is 10.8. The smallest absolute Gasteiger partial charge is 0.118 e. The van der Waals surface area contributed by atoms with Crippen LogP contribution in [-0.2, 0) is 12.8 Å². The molecule has 0 bridgehead atoms. The number of para-hydroxylation sites is 2. The van der Waals surface area contributed by atoms with Gasteiger partial charge in [-0.2, -0.15) is 0 Å². The molecule has 0 fully saturated rings. The van der Waals surface area contributed by atoms with Crippen molar-refractivity contribution in [2.24, 2.45) is 0 Å². The molecule has 0 atom stereocenters. The largest absolute Gasteiger partial charge is 0.508 e. The first-order valence-electron chi connectivity index (χ1n) is 16.2. The van der Waals surface area contributed by atoms with E-state index in [2.05, 4.69) is 13.8 Å². The number of phenols is 2. The Balaban J connectivity index is 0.000000399. The van der Waals surface area contributed by atoms with E-state index in [1.165, 1.54) is 128 Å². The maximum Gasteiger partial charge on any atom is 0.118 e. The molecule has 0 aromatic heterocycles. The van der Waals surface area contributed by atoms with Gasteiger partial charge in [-0.15, -0.1) is 0 Å².